The molecule has 0 heterocycles. The molecular formula is C7H12ClNO3. The van der Waals surface area contributed by atoms with Crippen molar-refractivity contribution in [2.24, 2.45) is 0 Å². The molecule has 0 unspecified atom stereocenters. The van der Waals surface area contributed by atoms with Crippen LogP contribution in [-0.2, 0) is 14.3 Å². The number of hydrogen-bond acceptors (Lipinski definition) is 3. The summed E-state index contributed by atoms with van der Waals surface area (Å²) < 4.78 is 4.63. The fraction of sp³-hybridized carbons (Fsp3) is 0.714. The van der Waals surface area contributed by atoms with Crippen molar-refractivity contribution in [1.29, 1.82) is 0 Å². The molecule has 1 N–H and O–H groups in total. The number of rotatable bonds is 5. The average Bonchev–Trinajstić information content (AvgIpc) is 2.04. The van der Waals surface area contributed by atoms with Gasteiger partial charge in [-0.1, -0.05) is 0 Å². The van der Waals surface area contributed by atoms with Gasteiger partial charge in [0.15, 0.2) is 0 Å². The highest BCUT2D eigenvalue weighted by Gasteiger charge is 2.02. The molecule has 0 aromatic heterocycles. The van der Waals surface area contributed by atoms with Gasteiger partial charge in [0.2, 0.25) is 5.91 Å². The molecule has 0 fully saturated rings. The van der Waals surface area contributed by atoms with Gasteiger partial charge in [-0.3, -0.25) is 9.59 Å². The Balaban J connectivity index is 3.30. The van der Waals surface area contributed by atoms with Gasteiger partial charge in [0.05, 0.1) is 13.0 Å². The Bertz CT molecular complexity index is 161. The summed E-state index contributed by atoms with van der Waals surface area (Å²) in [6.45, 7) is 2.38. The zero-order valence-electron chi connectivity index (χ0n) is 6.93. The molecule has 0 aliphatic carbocycles. The largest absolute Gasteiger partial charge is 0.466 e. The monoisotopic (exact) mass is 193 g/mol. The number of hydrogen-bond donors (Lipinski definition) is 1. The molecular weight excluding hydrogens is 182 g/mol. The normalized spacial score (nSPS) is 9.17. The quantitative estimate of drug-likeness (QED) is 0.505. The molecule has 0 spiro atoms. The minimum absolute atomic E-state index is 0.0805. The Labute approximate surface area is 76.2 Å². The van der Waals surface area contributed by atoms with E-state index in [1.165, 1.54) is 0 Å². The lowest BCUT2D eigenvalue weighted by molar-refractivity contribution is -0.142. The first kappa shape index (κ1) is 11.2. The van der Waals surface area contributed by atoms with Crippen LogP contribution in [0.1, 0.15) is 13.3 Å². The van der Waals surface area contributed by atoms with Crippen molar-refractivity contribution in [3.8, 4) is 0 Å². The molecule has 0 aliphatic rings. The van der Waals surface area contributed by atoms with Gasteiger partial charge in [-0.25, -0.2) is 0 Å². The fourth-order valence-corrected chi connectivity index (χ4v) is 0.679. The topological polar surface area (TPSA) is 55.4 Å². The van der Waals surface area contributed by atoms with Crippen molar-refractivity contribution in [1.82, 2.24) is 5.32 Å². The third-order valence-electron chi connectivity index (χ3n) is 1.08. The molecule has 0 aromatic carbocycles. The van der Waals surface area contributed by atoms with Crippen LogP contribution in [0.3, 0.4) is 0 Å². The summed E-state index contributed by atoms with van der Waals surface area (Å²) in [6.07, 6.45) is 0.191. The molecule has 12 heavy (non-hydrogen) atoms. The van der Waals surface area contributed by atoms with E-state index >= 15 is 0 Å². The number of halogens is 1. The maximum absolute atomic E-state index is 10.7. The number of nitrogens with one attached hydrogen (secondary N) is 1. The first-order valence-corrected chi connectivity index (χ1v) is 4.22. The Morgan fingerprint density at radius 2 is 2.17 bits per heavy atom. The minimum Gasteiger partial charge on any atom is -0.466 e. The summed E-state index contributed by atoms with van der Waals surface area (Å²) in [4.78, 5) is 21.3. The molecule has 4 nitrogen and oxygen atoms in total. The summed E-state index contributed by atoms with van der Waals surface area (Å²) in [5.41, 5.74) is 0. The van der Waals surface area contributed by atoms with Crippen molar-refractivity contribution in [3.63, 3.8) is 0 Å². The SMILES string of the molecule is CCOC(=O)CCNC(=O)CCl. The van der Waals surface area contributed by atoms with Gasteiger partial charge in [0.1, 0.15) is 5.88 Å². The number of carbonyl (C=O) groups excluding carboxylic acids is 2. The lowest BCUT2D eigenvalue weighted by Gasteiger charge is -2.02. The van der Waals surface area contributed by atoms with E-state index < -0.39 is 0 Å². The van der Waals surface area contributed by atoms with E-state index in [1.54, 1.807) is 6.92 Å². The van der Waals surface area contributed by atoms with E-state index in [4.69, 9.17) is 11.6 Å². The Morgan fingerprint density at radius 1 is 1.50 bits per heavy atom. The number of alkyl halides is 1. The molecule has 70 valence electrons. The zero-order chi connectivity index (χ0) is 9.40. The Kier molecular flexibility index (Phi) is 6.47. The predicted octanol–water partition coefficient (Wildman–Crippen LogP) is 0.295. The van der Waals surface area contributed by atoms with Crippen LogP contribution in [0.2, 0.25) is 0 Å². The van der Waals surface area contributed by atoms with Crippen LogP contribution in [0.15, 0.2) is 0 Å². The highest BCUT2D eigenvalue weighted by molar-refractivity contribution is 6.27. The first-order valence-electron chi connectivity index (χ1n) is 3.69. The Hall–Kier alpha value is -0.770. The third-order valence-corrected chi connectivity index (χ3v) is 1.32. The molecule has 0 radical (unpaired) electrons. The predicted molar refractivity (Wildman–Crippen MR) is 45.0 cm³/mol. The van der Waals surface area contributed by atoms with Crippen LogP contribution in [0.25, 0.3) is 0 Å². The van der Waals surface area contributed by atoms with E-state index in [9.17, 15) is 9.59 Å². The number of esters is 1. The van der Waals surface area contributed by atoms with Crippen LogP contribution in [0.4, 0.5) is 0 Å². The average molecular weight is 194 g/mol. The molecule has 0 bridgehead atoms. The summed E-state index contributed by atoms with van der Waals surface area (Å²) in [5.74, 6) is -0.670. The lowest BCUT2D eigenvalue weighted by atomic mass is 10.4. The van der Waals surface area contributed by atoms with Crippen LogP contribution < -0.4 is 5.32 Å². The molecule has 0 saturated heterocycles. The number of amides is 1. The van der Waals surface area contributed by atoms with E-state index in [2.05, 4.69) is 10.1 Å². The van der Waals surface area contributed by atoms with E-state index in [1.807, 2.05) is 0 Å². The van der Waals surface area contributed by atoms with E-state index in [-0.39, 0.29) is 30.7 Å². The maximum atomic E-state index is 10.7. The second-order valence-electron chi connectivity index (χ2n) is 2.04. The van der Waals surface area contributed by atoms with Gasteiger partial charge in [-0.2, -0.15) is 0 Å². The van der Waals surface area contributed by atoms with Crippen LogP contribution in [-0.4, -0.2) is 30.9 Å². The molecule has 0 aromatic rings. The molecule has 1 amide bonds. The highest BCUT2D eigenvalue weighted by atomic mass is 35.5. The van der Waals surface area contributed by atoms with E-state index in [0.717, 1.165) is 0 Å². The molecule has 5 heteroatoms. The molecule has 0 aliphatic heterocycles. The maximum Gasteiger partial charge on any atom is 0.307 e. The van der Waals surface area contributed by atoms with Crippen molar-refractivity contribution >= 4 is 23.5 Å². The highest BCUT2D eigenvalue weighted by Crippen LogP contribution is 1.84. The summed E-state index contributed by atoms with van der Waals surface area (Å²) in [6, 6.07) is 0. The fourth-order valence-electron chi connectivity index (χ4n) is 0.584. The number of carbonyl (C=O) groups is 2. The number of ether oxygens (including phenoxy) is 1. The van der Waals surface area contributed by atoms with E-state index in [0.29, 0.717) is 6.61 Å². The van der Waals surface area contributed by atoms with Gasteiger partial charge in [0.25, 0.3) is 0 Å². The summed E-state index contributed by atoms with van der Waals surface area (Å²) >= 11 is 5.20. The first-order chi connectivity index (χ1) is 5.70. The van der Waals surface area contributed by atoms with Crippen molar-refractivity contribution < 1.29 is 14.3 Å². The molecule has 0 rings (SSSR count). The van der Waals surface area contributed by atoms with Crippen LogP contribution >= 0.6 is 11.6 Å². The second kappa shape index (κ2) is 6.91. The molecule has 0 saturated carbocycles. The van der Waals surface area contributed by atoms with Crippen LogP contribution in [0.5, 0.6) is 0 Å². The summed E-state index contributed by atoms with van der Waals surface area (Å²) in [7, 11) is 0. The van der Waals surface area contributed by atoms with Crippen molar-refractivity contribution in [2.45, 2.75) is 13.3 Å². The Morgan fingerprint density at radius 3 is 2.67 bits per heavy atom. The molecule has 0 atom stereocenters. The zero-order valence-corrected chi connectivity index (χ0v) is 7.69. The van der Waals surface area contributed by atoms with Crippen molar-refractivity contribution in [2.75, 3.05) is 19.0 Å². The van der Waals surface area contributed by atoms with Gasteiger partial charge in [-0.05, 0) is 6.92 Å². The van der Waals surface area contributed by atoms with Gasteiger partial charge < -0.3 is 10.1 Å². The second-order valence-corrected chi connectivity index (χ2v) is 2.31. The standard InChI is InChI=1S/C7H12ClNO3/c1-2-12-7(11)3-4-9-6(10)5-8/h2-5H2,1H3,(H,9,10). The smallest absolute Gasteiger partial charge is 0.307 e. The van der Waals surface area contributed by atoms with Gasteiger partial charge in [-0.15, -0.1) is 11.6 Å². The summed E-state index contributed by atoms with van der Waals surface area (Å²) in [5, 5.41) is 2.45. The van der Waals surface area contributed by atoms with Gasteiger partial charge >= 0.3 is 5.97 Å². The minimum atomic E-state index is -0.313. The van der Waals surface area contributed by atoms with Gasteiger partial charge in [0, 0.05) is 6.54 Å². The van der Waals surface area contributed by atoms with Crippen molar-refractivity contribution in [3.05, 3.63) is 0 Å². The lowest BCUT2D eigenvalue weighted by Crippen LogP contribution is -2.27. The third kappa shape index (κ3) is 5.97. The van der Waals surface area contributed by atoms with Crippen LogP contribution in [0, 0.1) is 0 Å².